The predicted octanol–water partition coefficient (Wildman–Crippen LogP) is 1.72. The third-order valence-corrected chi connectivity index (χ3v) is 1.45. The monoisotopic (exact) mass is 174 g/mol. The van der Waals surface area contributed by atoms with Gasteiger partial charge in [-0.05, 0) is 18.9 Å². The van der Waals surface area contributed by atoms with Crippen molar-refractivity contribution in [2.75, 3.05) is 5.88 Å². The summed E-state index contributed by atoms with van der Waals surface area (Å²) in [5.41, 5.74) is 0.296. The van der Waals surface area contributed by atoms with E-state index in [4.69, 9.17) is 11.6 Å². The van der Waals surface area contributed by atoms with Crippen LogP contribution >= 0.6 is 11.6 Å². The van der Waals surface area contributed by atoms with Crippen LogP contribution in [0.5, 0.6) is 0 Å². The highest BCUT2D eigenvalue weighted by atomic mass is 35.5. The lowest BCUT2D eigenvalue weighted by Gasteiger charge is -1.95. The summed E-state index contributed by atoms with van der Waals surface area (Å²) in [4.78, 5) is 21.7. The maximum absolute atomic E-state index is 10.9. The summed E-state index contributed by atoms with van der Waals surface area (Å²) < 4.78 is 0. The molecule has 0 amide bonds. The molecule has 0 aromatic rings. The minimum absolute atomic E-state index is 0.231. The van der Waals surface area contributed by atoms with Gasteiger partial charge in [-0.15, -0.1) is 11.6 Å². The Labute approximate surface area is 71.2 Å². The van der Waals surface area contributed by atoms with Crippen LogP contribution in [0.25, 0.3) is 0 Å². The number of halogens is 1. The Morgan fingerprint density at radius 1 is 1.45 bits per heavy atom. The molecule has 2 nitrogen and oxygen atoms in total. The van der Waals surface area contributed by atoms with Gasteiger partial charge in [-0.1, -0.05) is 6.58 Å². The van der Waals surface area contributed by atoms with Gasteiger partial charge in [0.25, 0.3) is 0 Å². The van der Waals surface area contributed by atoms with Gasteiger partial charge in [0.2, 0.25) is 11.6 Å². The van der Waals surface area contributed by atoms with Gasteiger partial charge in [-0.25, -0.2) is 0 Å². The molecule has 0 aliphatic heterocycles. The molecule has 0 aliphatic carbocycles. The van der Waals surface area contributed by atoms with Crippen molar-refractivity contribution in [2.45, 2.75) is 19.8 Å². The van der Waals surface area contributed by atoms with Gasteiger partial charge in [0.1, 0.15) is 0 Å². The molecule has 3 heteroatoms. The first-order chi connectivity index (χ1) is 5.09. The third kappa shape index (κ3) is 3.94. The van der Waals surface area contributed by atoms with Gasteiger partial charge in [0.15, 0.2) is 0 Å². The van der Waals surface area contributed by atoms with E-state index >= 15 is 0 Å². The van der Waals surface area contributed by atoms with Gasteiger partial charge in [0, 0.05) is 12.3 Å². The summed E-state index contributed by atoms with van der Waals surface area (Å²) in [6.45, 7) is 4.91. The largest absolute Gasteiger partial charge is 0.291 e. The number of hydrogen-bond donors (Lipinski definition) is 0. The van der Waals surface area contributed by atoms with E-state index in [-0.39, 0.29) is 6.42 Å². The molecule has 0 saturated heterocycles. The molecule has 0 spiro atoms. The molecule has 62 valence electrons. The molecule has 0 atom stereocenters. The molecule has 0 heterocycles. The second kappa shape index (κ2) is 5.08. The summed E-state index contributed by atoms with van der Waals surface area (Å²) in [7, 11) is 0. The zero-order valence-electron chi connectivity index (χ0n) is 6.52. The molecule has 0 rings (SSSR count). The highest BCUT2D eigenvalue weighted by Crippen LogP contribution is 1.99. The predicted molar refractivity (Wildman–Crippen MR) is 44.8 cm³/mol. The fourth-order valence-corrected chi connectivity index (χ4v) is 0.713. The summed E-state index contributed by atoms with van der Waals surface area (Å²) in [5.74, 6) is -0.455. The average molecular weight is 175 g/mol. The number of ketones is 2. The zero-order chi connectivity index (χ0) is 8.85. The Bertz CT molecular complexity index is 185. The molecule has 0 aromatic carbocycles. The molecule has 0 aromatic heterocycles. The van der Waals surface area contributed by atoms with E-state index < -0.39 is 11.6 Å². The summed E-state index contributed by atoms with van der Waals surface area (Å²) in [6.07, 6.45) is 0.786. The first kappa shape index (κ1) is 10.4. The van der Waals surface area contributed by atoms with E-state index in [0.717, 1.165) is 0 Å². The molecule has 0 fully saturated rings. The summed E-state index contributed by atoms with van der Waals surface area (Å²) >= 11 is 5.34. The number of allylic oxidation sites excluding steroid dienone is 1. The molecule has 0 unspecified atom stereocenters. The van der Waals surface area contributed by atoms with Gasteiger partial charge < -0.3 is 0 Å². The molecular formula is C8H11ClO2. The number of carbonyl (C=O) groups excluding carboxylic acids is 2. The molecule has 11 heavy (non-hydrogen) atoms. The molecule has 0 bridgehead atoms. The Morgan fingerprint density at radius 3 is 2.36 bits per heavy atom. The Hall–Kier alpha value is -0.630. The van der Waals surface area contributed by atoms with E-state index in [1.165, 1.54) is 6.92 Å². The summed E-state index contributed by atoms with van der Waals surface area (Å²) in [5, 5.41) is 0. The Kier molecular flexibility index (Phi) is 4.79. The quantitative estimate of drug-likeness (QED) is 0.361. The highest BCUT2D eigenvalue weighted by molar-refractivity contribution is 6.43. The minimum atomic E-state index is -0.477. The van der Waals surface area contributed by atoms with Crippen LogP contribution in [0.2, 0.25) is 0 Å². The topological polar surface area (TPSA) is 34.1 Å². The smallest absolute Gasteiger partial charge is 0.223 e. The van der Waals surface area contributed by atoms with Crippen molar-refractivity contribution in [3.63, 3.8) is 0 Å². The molecule has 0 N–H and O–H groups in total. The van der Waals surface area contributed by atoms with Crippen molar-refractivity contribution in [3.8, 4) is 0 Å². The first-order valence-corrected chi connectivity index (χ1v) is 3.92. The first-order valence-electron chi connectivity index (χ1n) is 3.38. The SMILES string of the molecule is C=C(C)C(=O)C(=O)CCCCl. The van der Waals surface area contributed by atoms with Crippen LogP contribution in [0.15, 0.2) is 12.2 Å². The van der Waals surface area contributed by atoms with Crippen molar-refractivity contribution < 1.29 is 9.59 Å². The maximum atomic E-state index is 10.9. The van der Waals surface area contributed by atoms with E-state index in [9.17, 15) is 9.59 Å². The third-order valence-electron chi connectivity index (χ3n) is 1.18. The van der Waals surface area contributed by atoms with Crippen LogP contribution in [0, 0.1) is 0 Å². The number of alkyl halides is 1. The van der Waals surface area contributed by atoms with Crippen LogP contribution in [0.3, 0.4) is 0 Å². The van der Waals surface area contributed by atoms with Crippen LogP contribution in [-0.4, -0.2) is 17.4 Å². The number of hydrogen-bond acceptors (Lipinski definition) is 2. The number of rotatable bonds is 5. The van der Waals surface area contributed by atoms with Crippen LogP contribution < -0.4 is 0 Å². The lowest BCUT2D eigenvalue weighted by molar-refractivity contribution is -0.134. The van der Waals surface area contributed by atoms with Crippen LogP contribution in [0.4, 0.5) is 0 Å². The van der Waals surface area contributed by atoms with Crippen molar-refractivity contribution in [3.05, 3.63) is 12.2 Å². The van der Waals surface area contributed by atoms with Gasteiger partial charge >= 0.3 is 0 Å². The normalized spacial score (nSPS) is 9.27. The molecule has 0 aliphatic rings. The molecule has 0 saturated carbocycles. The second-order valence-corrected chi connectivity index (χ2v) is 2.70. The lowest BCUT2D eigenvalue weighted by atomic mass is 10.1. The van der Waals surface area contributed by atoms with E-state index in [1.807, 2.05) is 0 Å². The standard InChI is InChI=1S/C8H11ClO2/c1-6(2)8(11)7(10)4-3-5-9/h1,3-5H2,2H3. The Balaban J connectivity index is 3.84. The van der Waals surface area contributed by atoms with Gasteiger partial charge in [-0.3, -0.25) is 9.59 Å². The maximum Gasteiger partial charge on any atom is 0.223 e. The zero-order valence-corrected chi connectivity index (χ0v) is 7.28. The number of Topliss-reactive ketones (excluding diaryl/α,β-unsaturated/α-hetero) is 2. The lowest BCUT2D eigenvalue weighted by Crippen LogP contribution is -2.13. The highest BCUT2D eigenvalue weighted by Gasteiger charge is 2.12. The van der Waals surface area contributed by atoms with E-state index in [1.54, 1.807) is 0 Å². The van der Waals surface area contributed by atoms with Crippen molar-refractivity contribution in [2.24, 2.45) is 0 Å². The van der Waals surface area contributed by atoms with E-state index in [2.05, 4.69) is 6.58 Å². The fraction of sp³-hybridized carbons (Fsp3) is 0.500. The van der Waals surface area contributed by atoms with Crippen LogP contribution in [0.1, 0.15) is 19.8 Å². The van der Waals surface area contributed by atoms with E-state index in [0.29, 0.717) is 17.9 Å². The van der Waals surface area contributed by atoms with Crippen molar-refractivity contribution >= 4 is 23.2 Å². The van der Waals surface area contributed by atoms with Crippen LogP contribution in [-0.2, 0) is 9.59 Å². The minimum Gasteiger partial charge on any atom is -0.291 e. The summed E-state index contributed by atoms with van der Waals surface area (Å²) in [6, 6.07) is 0. The molecule has 0 radical (unpaired) electrons. The van der Waals surface area contributed by atoms with Gasteiger partial charge in [-0.2, -0.15) is 0 Å². The second-order valence-electron chi connectivity index (χ2n) is 2.33. The Morgan fingerprint density at radius 2 is 2.00 bits per heavy atom. The average Bonchev–Trinajstić information content (AvgIpc) is 1.98. The van der Waals surface area contributed by atoms with Gasteiger partial charge in [0.05, 0.1) is 0 Å². The molecular weight excluding hydrogens is 164 g/mol. The fourth-order valence-electron chi connectivity index (χ4n) is 0.579. The number of carbonyl (C=O) groups is 2. The van der Waals surface area contributed by atoms with Crippen molar-refractivity contribution in [1.29, 1.82) is 0 Å². The van der Waals surface area contributed by atoms with Crippen molar-refractivity contribution in [1.82, 2.24) is 0 Å².